The second-order valence-corrected chi connectivity index (χ2v) is 9.67. The summed E-state index contributed by atoms with van der Waals surface area (Å²) in [5.74, 6) is 0.0107. The van der Waals surface area contributed by atoms with Crippen molar-refractivity contribution in [3.63, 3.8) is 0 Å². The third kappa shape index (κ3) is 4.96. The van der Waals surface area contributed by atoms with Crippen molar-refractivity contribution in [1.82, 2.24) is 0 Å². The maximum absolute atomic E-state index is 12.9. The van der Waals surface area contributed by atoms with Crippen molar-refractivity contribution in [1.29, 1.82) is 0 Å². The first-order valence-electron chi connectivity index (χ1n) is 10.9. The molecule has 1 aliphatic carbocycles. The van der Waals surface area contributed by atoms with Gasteiger partial charge in [0.2, 0.25) is 0 Å². The molecule has 2 unspecified atom stereocenters. The van der Waals surface area contributed by atoms with Crippen molar-refractivity contribution in [2.24, 2.45) is 17.8 Å². The Labute approximate surface area is 179 Å². The minimum atomic E-state index is -0.671. The van der Waals surface area contributed by atoms with Gasteiger partial charge in [-0.1, -0.05) is 44.4 Å². The van der Waals surface area contributed by atoms with Crippen molar-refractivity contribution >= 4 is 23.4 Å². The predicted octanol–water partition coefficient (Wildman–Crippen LogP) is 5.78. The van der Waals surface area contributed by atoms with Crippen LogP contribution in [-0.2, 0) is 20.7 Å². The summed E-state index contributed by atoms with van der Waals surface area (Å²) in [6.07, 6.45) is 6.09. The van der Waals surface area contributed by atoms with Gasteiger partial charge in [0.25, 0.3) is 0 Å². The van der Waals surface area contributed by atoms with Crippen LogP contribution in [0.3, 0.4) is 0 Å². The van der Waals surface area contributed by atoms with Crippen molar-refractivity contribution in [2.75, 3.05) is 0 Å². The van der Waals surface area contributed by atoms with E-state index in [1.54, 1.807) is 0 Å². The standard InChI is InChI=1S/C24H33ClO4/c1-15(2)22-20(26)14-24(29-23(22)27,18-7-5-6-8-18)12-11-17-9-10-21(19(25)13-17)28-16(3)4/h9-10,13,15-16,18,22H,5-8,11-12,14H2,1-4H3. The molecule has 0 N–H and O–H groups in total. The number of hydrogen-bond donors (Lipinski definition) is 0. The zero-order valence-corrected chi connectivity index (χ0v) is 18.8. The van der Waals surface area contributed by atoms with Crippen LogP contribution in [0, 0.1) is 17.8 Å². The van der Waals surface area contributed by atoms with Gasteiger partial charge in [-0.25, -0.2) is 0 Å². The van der Waals surface area contributed by atoms with Crippen LogP contribution in [0.2, 0.25) is 5.02 Å². The summed E-state index contributed by atoms with van der Waals surface area (Å²) in [7, 11) is 0. The molecule has 2 aliphatic rings. The summed E-state index contributed by atoms with van der Waals surface area (Å²) in [6, 6.07) is 5.83. The molecule has 160 valence electrons. The Kier molecular flexibility index (Phi) is 6.93. The number of carbonyl (C=O) groups excluding carboxylic acids is 2. The number of rotatable bonds is 7. The first-order valence-corrected chi connectivity index (χ1v) is 11.3. The van der Waals surface area contributed by atoms with Crippen LogP contribution in [0.25, 0.3) is 0 Å². The Hall–Kier alpha value is -1.55. The van der Waals surface area contributed by atoms with Crippen LogP contribution in [-0.4, -0.2) is 23.5 Å². The molecule has 1 saturated heterocycles. The molecular weight excluding hydrogens is 388 g/mol. The number of carbonyl (C=O) groups is 2. The van der Waals surface area contributed by atoms with Crippen LogP contribution < -0.4 is 4.74 Å². The zero-order chi connectivity index (χ0) is 21.2. The fourth-order valence-electron chi connectivity index (χ4n) is 4.91. The molecular formula is C24H33ClO4. The van der Waals surface area contributed by atoms with Gasteiger partial charge in [0.15, 0.2) is 5.78 Å². The molecule has 0 amide bonds. The number of hydrogen-bond acceptors (Lipinski definition) is 4. The highest BCUT2D eigenvalue weighted by molar-refractivity contribution is 6.32. The maximum Gasteiger partial charge on any atom is 0.317 e. The molecule has 5 heteroatoms. The molecule has 1 aliphatic heterocycles. The topological polar surface area (TPSA) is 52.6 Å². The Morgan fingerprint density at radius 1 is 1.17 bits per heavy atom. The number of halogens is 1. The molecule has 0 radical (unpaired) electrons. The first kappa shape index (κ1) is 22.1. The first-order chi connectivity index (χ1) is 13.7. The van der Waals surface area contributed by atoms with Gasteiger partial charge in [0.05, 0.1) is 11.1 Å². The molecule has 1 heterocycles. The lowest BCUT2D eigenvalue weighted by molar-refractivity contribution is -0.187. The number of aryl methyl sites for hydroxylation is 1. The van der Waals surface area contributed by atoms with Gasteiger partial charge in [0, 0.05) is 6.42 Å². The van der Waals surface area contributed by atoms with Gasteiger partial charge in [0.1, 0.15) is 17.3 Å². The van der Waals surface area contributed by atoms with E-state index in [9.17, 15) is 9.59 Å². The molecule has 1 aromatic carbocycles. The highest BCUT2D eigenvalue weighted by Crippen LogP contribution is 2.45. The van der Waals surface area contributed by atoms with Gasteiger partial charge in [-0.05, 0) is 69.1 Å². The predicted molar refractivity (Wildman–Crippen MR) is 114 cm³/mol. The number of ether oxygens (including phenoxy) is 2. The minimum Gasteiger partial charge on any atom is -0.489 e. The van der Waals surface area contributed by atoms with Gasteiger partial charge in [-0.2, -0.15) is 0 Å². The Bertz CT molecular complexity index is 731. The molecule has 2 fully saturated rings. The summed E-state index contributed by atoms with van der Waals surface area (Å²) < 4.78 is 11.8. The summed E-state index contributed by atoms with van der Waals surface area (Å²) >= 11 is 6.39. The number of esters is 1. The molecule has 4 nitrogen and oxygen atoms in total. The van der Waals surface area contributed by atoms with E-state index in [1.165, 1.54) is 0 Å². The second-order valence-electron chi connectivity index (χ2n) is 9.26. The maximum atomic E-state index is 12.9. The second kappa shape index (κ2) is 9.07. The summed E-state index contributed by atoms with van der Waals surface area (Å²) in [5.41, 5.74) is 0.397. The summed E-state index contributed by atoms with van der Waals surface area (Å²) in [6.45, 7) is 7.76. The van der Waals surface area contributed by atoms with E-state index in [4.69, 9.17) is 21.1 Å². The van der Waals surface area contributed by atoms with Crippen molar-refractivity contribution in [2.45, 2.75) is 84.3 Å². The quantitative estimate of drug-likeness (QED) is 0.414. The summed E-state index contributed by atoms with van der Waals surface area (Å²) in [4.78, 5) is 25.6. The van der Waals surface area contributed by atoms with E-state index < -0.39 is 11.5 Å². The molecule has 0 bridgehead atoms. The number of ketones is 1. The Morgan fingerprint density at radius 2 is 1.86 bits per heavy atom. The zero-order valence-electron chi connectivity index (χ0n) is 18.0. The highest BCUT2D eigenvalue weighted by atomic mass is 35.5. The third-order valence-corrected chi connectivity index (χ3v) is 6.64. The largest absolute Gasteiger partial charge is 0.489 e. The lowest BCUT2D eigenvalue weighted by Gasteiger charge is -2.43. The Morgan fingerprint density at radius 3 is 2.41 bits per heavy atom. The average molecular weight is 421 g/mol. The van der Waals surface area contributed by atoms with E-state index >= 15 is 0 Å². The van der Waals surface area contributed by atoms with E-state index in [-0.39, 0.29) is 29.7 Å². The number of benzene rings is 1. The monoisotopic (exact) mass is 420 g/mol. The Balaban J connectivity index is 1.78. The van der Waals surface area contributed by atoms with Gasteiger partial charge >= 0.3 is 5.97 Å². The molecule has 0 spiro atoms. The fraction of sp³-hybridized carbons (Fsp3) is 0.667. The van der Waals surface area contributed by atoms with Crippen molar-refractivity contribution < 1.29 is 19.1 Å². The minimum absolute atomic E-state index is 0.0242. The van der Waals surface area contributed by atoms with Gasteiger partial charge < -0.3 is 9.47 Å². The lowest BCUT2D eigenvalue weighted by Crippen LogP contribution is -2.52. The number of Topliss-reactive ketones (excluding diaryl/α,β-unsaturated/α-hetero) is 1. The van der Waals surface area contributed by atoms with E-state index in [1.807, 2.05) is 45.9 Å². The molecule has 3 rings (SSSR count). The normalized spacial score (nSPS) is 25.7. The molecule has 0 aromatic heterocycles. The van der Waals surface area contributed by atoms with Gasteiger partial charge in [-0.3, -0.25) is 9.59 Å². The fourth-order valence-corrected chi connectivity index (χ4v) is 5.16. The number of cyclic esters (lactones) is 1. The van der Waals surface area contributed by atoms with Crippen LogP contribution in [0.15, 0.2) is 18.2 Å². The van der Waals surface area contributed by atoms with E-state index in [0.717, 1.165) is 31.2 Å². The smallest absolute Gasteiger partial charge is 0.317 e. The highest BCUT2D eigenvalue weighted by Gasteiger charge is 2.51. The lowest BCUT2D eigenvalue weighted by atomic mass is 9.72. The van der Waals surface area contributed by atoms with Crippen LogP contribution in [0.4, 0.5) is 0 Å². The molecule has 29 heavy (non-hydrogen) atoms. The van der Waals surface area contributed by atoms with Crippen molar-refractivity contribution in [3.05, 3.63) is 28.8 Å². The van der Waals surface area contributed by atoms with E-state index in [0.29, 0.717) is 30.0 Å². The summed E-state index contributed by atoms with van der Waals surface area (Å²) in [5, 5.41) is 0.586. The molecule has 2 atom stereocenters. The third-order valence-electron chi connectivity index (χ3n) is 6.34. The van der Waals surface area contributed by atoms with Crippen molar-refractivity contribution in [3.8, 4) is 5.75 Å². The van der Waals surface area contributed by atoms with Gasteiger partial charge in [-0.15, -0.1) is 0 Å². The van der Waals surface area contributed by atoms with Crippen LogP contribution in [0.5, 0.6) is 5.75 Å². The average Bonchev–Trinajstić information content (AvgIpc) is 3.16. The van der Waals surface area contributed by atoms with E-state index in [2.05, 4.69) is 0 Å². The molecule has 1 aromatic rings. The molecule has 1 saturated carbocycles. The van der Waals surface area contributed by atoms with Crippen LogP contribution >= 0.6 is 11.6 Å². The SMILES string of the molecule is CC(C)Oc1ccc(CCC2(C3CCCC3)CC(=O)C(C(C)C)C(=O)O2)cc1Cl. The van der Waals surface area contributed by atoms with Crippen LogP contribution in [0.1, 0.15) is 71.8 Å².